The first-order chi connectivity index (χ1) is 14.0. The maximum atomic E-state index is 13.6. The van der Waals surface area contributed by atoms with Crippen molar-refractivity contribution in [3.63, 3.8) is 0 Å². The summed E-state index contributed by atoms with van der Waals surface area (Å²) in [5, 5.41) is 0. The monoisotopic (exact) mass is 399 g/mol. The molecular formula is C21H25N3O5. The normalized spacial score (nSPS) is 48.5. The van der Waals surface area contributed by atoms with Gasteiger partial charge in [0.15, 0.2) is 11.5 Å². The van der Waals surface area contributed by atoms with Gasteiger partial charge in [0, 0.05) is 41.3 Å². The fourth-order valence-electron chi connectivity index (χ4n) is 7.60. The number of piperidine rings is 1. The van der Waals surface area contributed by atoms with Crippen LogP contribution in [0.5, 0.6) is 0 Å². The Morgan fingerprint density at radius 2 is 1.90 bits per heavy atom. The molecule has 8 nitrogen and oxygen atoms in total. The van der Waals surface area contributed by atoms with Crippen LogP contribution < -0.4 is 0 Å². The molecule has 5 saturated heterocycles. The molecule has 2 bridgehead atoms. The number of Topliss-reactive ketones (excluding diaryl/α,β-unsaturated/α-hetero) is 2. The molecule has 5 fully saturated rings. The van der Waals surface area contributed by atoms with E-state index >= 15 is 0 Å². The molecule has 0 aromatic rings. The van der Waals surface area contributed by atoms with Gasteiger partial charge in [0.25, 0.3) is 0 Å². The van der Waals surface area contributed by atoms with Crippen molar-refractivity contribution in [2.45, 2.75) is 56.0 Å². The van der Waals surface area contributed by atoms with Crippen LogP contribution in [0.15, 0.2) is 22.5 Å². The number of likely N-dealkylation sites (N-methyl/N-ethyl adjacent to an activating group) is 1. The highest BCUT2D eigenvalue weighted by Gasteiger charge is 2.70. The highest BCUT2D eigenvalue weighted by molar-refractivity contribution is 6.25. The minimum Gasteiger partial charge on any atom is -0.492 e. The molecular weight excluding hydrogens is 374 g/mol. The Morgan fingerprint density at radius 3 is 2.69 bits per heavy atom. The summed E-state index contributed by atoms with van der Waals surface area (Å²) in [4.78, 5) is 34.4. The third kappa shape index (κ3) is 1.73. The second kappa shape index (κ2) is 5.36. The zero-order valence-electron chi connectivity index (χ0n) is 16.8. The summed E-state index contributed by atoms with van der Waals surface area (Å²) in [7, 11) is 3.66. The molecule has 0 amide bonds. The van der Waals surface area contributed by atoms with Crippen molar-refractivity contribution in [1.29, 1.82) is 0 Å². The van der Waals surface area contributed by atoms with Gasteiger partial charge in [0.1, 0.15) is 12.5 Å². The number of methoxy groups -OCH3 is 1. The van der Waals surface area contributed by atoms with E-state index in [9.17, 15) is 9.59 Å². The lowest BCUT2D eigenvalue weighted by atomic mass is 9.70. The number of piperazine rings is 1. The first-order valence-corrected chi connectivity index (χ1v) is 10.6. The lowest BCUT2D eigenvalue weighted by Gasteiger charge is -2.60. The molecule has 0 aromatic carbocycles. The number of allylic oxidation sites excluding steroid dienone is 2. The summed E-state index contributed by atoms with van der Waals surface area (Å²) in [5.41, 5.74) is 1.71. The molecule has 0 spiro atoms. The first-order valence-electron chi connectivity index (χ1n) is 10.6. The molecule has 29 heavy (non-hydrogen) atoms. The Kier molecular flexibility index (Phi) is 3.17. The molecule has 0 N–H and O–H groups in total. The van der Waals surface area contributed by atoms with E-state index in [0.29, 0.717) is 47.9 Å². The van der Waals surface area contributed by atoms with E-state index in [4.69, 9.17) is 14.2 Å². The topological polar surface area (TPSA) is 71.5 Å². The molecule has 8 heteroatoms. The number of rotatable bonds is 1. The number of hydrogen-bond donors (Lipinski definition) is 0. The minimum atomic E-state index is -0.163. The van der Waals surface area contributed by atoms with Gasteiger partial charge in [-0.15, -0.1) is 0 Å². The number of fused-ring (bicyclic) bond motifs is 7. The van der Waals surface area contributed by atoms with Gasteiger partial charge in [-0.05, 0) is 20.4 Å². The second-order valence-corrected chi connectivity index (χ2v) is 9.39. The predicted molar refractivity (Wildman–Crippen MR) is 99.6 cm³/mol. The average Bonchev–Trinajstić information content (AvgIpc) is 3.40. The lowest BCUT2D eigenvalue weighted by molar-refractivity contribution is -0.157. The number of nitrogens with zero attached hydrogens (tertiary/aromatic N) is 3. The van der Waals surface area contributed by atoms with Crippen LogP contribution in [-0.2, 0) is 23.8 Å². The molecule has 6 aliphatic heterocycles. The van der Waals surface area contributed by atoms with E-state index < -0.39 is 0 Å². The van der Waals surface area contributed by atoms with Crippen LogP contribution in [0.4, 0.5) is 0 Å². The van der Waals surface area contributed by atoms with Gasteiger partial charge in [-0.1, -0.05) is 0 Å². The molecule has 154 valence electrons. The molecule has 8 atom stereocenters. The zero-order chi connectivity index (χ0) is 19.8. The predicted octanol–water partition coefficient (Wildman–Crippen LogP) is -0.493. The van der Waals surface area contributed by atoms with Gasteiger partial charge in [0.2, 0.25) is 5.78 Å². The molecule has 0 aromatic heterocycles. The van der Waals surface area contributed by atoms with Crippen LogP contribution in [-0.4, -0.2) is 103 Å². The molecule has 0 saturated carbocycles. The van der Waals surface area contributed by atoms with Crippen LogP contribution in [0.2, 0.25) is 0 Å². The van der Waals surface area contributed by atoms with Crippen molar-refractivity contribution in [2.75, 3.05) is 33.9 Å². The summed E-state index contributed by atoms with van der Waals surface area (Å²) >= 11 is 0. The van der Waals surface area contributed by atoms with Crippen molar-refractivity contribution in [3.8, 4) is 0 Å². The van der Waals surface area contributed by atoms with Gasteiger partial charge in [0.05, 0.1) is 38.4 Å². The Bertz CT molecular complexity index is 927. The van der Waals surface area contributed by atoms with Gasteiger partial charge in [-0.2, -0.15) is 0 Å². The van der Waals surface area contributed by atoms with Crippen LogP contribution in [0.3, 0.4) is 0 Å². The zero-order valence-corrected chi connectivity index (χ0v) is 16.8. The fraction of sp³-hybridized carbons (Fsp3) is 0.714. The number of hydrogen-bond acceptors (Lipinski definition) is 8. The van der Waals surface area contributed by atoms with Crippen molar-refractivity contribution in [2.24, 2.45) is 5.92 Å². The van der Waals surface area contributed by atoms with Crippen LogP contribution in [0.1, 0.15) is 13.3 Å². The smallest absolute Gasteiger partial charge is 0.226 e. The Balaban J connectivity index is 1.49. The SMILES string of the molecule is COC1=C(C)C(=O)C2=C(C1=O)[C@@H]1CO[C@@H]3[C@H]4C[C@H]5[C@H]([C@H]([C@@H]2N2CCO[C@H]52)N31)N4C. The maximum absolute atomic E-state index is 13.6. The van der Waals surface area contributed by atoms with Crippen molar-refractivity contribution >= 4 is 11.6 Å². The van der Waals surface area contributed by atoms with E-state index in [1.165, 1.54) is 7.11 Å². The van der Waals surface area contributed by atoms with Crippen LogP contribution in [0.25, 0.3) is 0 Å². The van der Waals surface area contributed by atoms with E-state index in [-0.39, 0.29) is 47.9 Å². The Hall–Kier alpha value is -1.58. The molecule has 7 aliphatic rings. The summed E-state index contributed by atoms with van der Waals surface area (Å²) in [6.07, 6.45) is 1.01. The number of ketones is 2. The summed E-state index contributed by atoms with van der Waals surface area (Å²) in [6.45, 7) is 3.65. The first kappa shape index (κ1) is 17.1. The average molecular weight is 399 g/mol. The molecule has 7 rings (SSSR count). The van der Waals surface area contributed by atoms with Crippen LogP contribution in [0, 0.1) is 5.92 Å². The Morgan fingerprint density at radius 1 is 1.07 bits per heavy atom. The summed E-state index contributed by atoms with van der Waals surface area (Å²) in [6, 6.07) is 0.460. The van der Waals surface area contributed by atoms with Gasteiger partial charge >= 0.3 is 0 Å². The highest BCUT2D eigenvalue weighted by atomic mass is 16.5. The van der Waals surface area contributed by atoms with Gasteiger partial charge in [-0.25, -0.2) is 0 Å². The minimum absolute atomic E-state index is 0.00929. The molecule has 0 radical (unpaired) electrons. The third-order valence-corrected chi connectivity index (χ3v) is 8.56. The molecule has 1 aliphatic carbocycles. The molecule has 0 unspecified atom stereocenters. The largest absolute Gasteiger partial charge is 0.492 e. The van der Waals surface area contributed by atoms with E-state index in [0.717, 1.165) is 13.0 Å². The number of carbonyl (C=O) groups excluding carboxylic acids is 2. The fourth-order valence-corrected chi connectivity index (χ4v) is 7.60. The van der Waals surface area contributed by atoms with E-state index in [1.54, 1.807) is 6.92 Å². The second-order valence-electron chi connectivity index (χ2n) is 9.39. The standard InChI is InChI=1S/C21H25N3O5/c1-8-17(25)13-12(18(26)19(8)27-3)11-7-29-21-10-6-9-14(22(10)2)16(24(11)21)15(13)23-4-5-28-20(9)23/h9-11,14-16,20-21H,4-7H2,1-3H3/t9-,10+,11-,14+,15+,16+,20+,21+/m0/s1. The third-order valence-electron chi connectivity index (χ3n) is 8.56. The van der Waals surface area contributed by atoms with E-state index in [1.807, 2.05) is 0 Å². The summed E-state index contributed by atoms with van der Waals surface area (Å²) < 4.78 is 17.9. The molecule has 6 heterocycles. The van der Waals surface area contributed by atoms with Crippen LogP contribution >= 0.6 is 0 Å². The summed E-state index contributed by atoms with van der Waals surface area (Å²) in [5.74, 6) is 0.413. The van der Waals surface area contributed by atoms with Crippen molar-refractivity contribution < 1.29 is 23.8 Å². The van der Waals surface area contributed by atoms with Gasteiger partial charge < -0.3 is 14.2 Å². The Labute approximate surface area is 169 Å². The maximum Gasteiger partial charge on any atom is 0.226 e. The number of ether oxygens (including phenoxy) is 3. The quantitative estimate of drug-likeness (QED) is 0.547. The number of carbonyl (C=O) groups is 2. The van der Waals surface area contributed by atoms with Crippen molar-refractivity contribution in [3.05, 3.63) is 22.5 Å². The highest BCUT2D eigenvalue weighted by Crippen LogP contribution is 2.56. The van der Waals surface area contributed by atoms with Crippen molar-refractivity contribution in [1.82, 2.24) is 14.7 Å². The van der Waals surface area contributed by atoms with Gasteiger partial charge in [-0.3, -0.25) is 24.3 Å². The lowest BCUT2D eigenvalue weighted by Crippen LogP contribution is -2.76. The van der Waals surface area contributed by atoms with E-state index in [2.05, 4.69) is 21.7 Å².